The molecule has 0 spiro atoms. The molecule has 1 aromatic carbocycles. The fourth-order valence-electron chi connectivity index (χ4n) is 2.11. The second-order valence-corrected chi connectivity index (χ2v) is 4.41. The van der Waals surface area contributed by atoms with E-state index in [0.29, 0.717) is 11.8 Å². The third-order valence-electron chi connectivity index (χ3n) is 3.08. The highest BCUT2D eigenvalue weighted by molar-refractivity contribution is 5.25. The normalized spacial score (nSPS) is 20.9. The van der Waals surface area contributed by atoms with Crippen LogP contribution in [0.4, 0.5) is 0 Å². The van der Waals surface area contributed by atoms with Crippen molar-refractivity contribution in [2.24, 2.45) is 0 Å². The largest absolute Gasteiger partial charge is 0.508 e. The van der Waals surface area contributed by atoms with Gasteiger partial charge in [0.25, 0.3) is 0 Å². The van der Waals surface area contributed by atoms with E-state index in [4.69, 9.17) is 5.11 Å². The Bertz CT molecular complexity index is 304. The van der Waals surface area contributed by atoms with Crippen LogP contribution < -0.4 is 10.6 Å². The van der Waals surface area contributed by atoms with Crippen LogP contribution in [0.5, 0.6) is 5.75 Å². The van der Waals surface area contributed by atoms with Crippen LogP contribution in [0.1, 0.15) is 18.4 Å². The van der Waals surface area contributed by atoms with Gasteiger partial charge in [-0.2, -0.15) is 0 Å². The maximum atomic E-state index is 9.16. The van der Waals surface area contributed by atoms with Crippen molar-refractivity contribution in [3.8, 4) is 5.75 Å². The monoisotopic (exact) mass is 220 g/mol. The number of piperidine rings is 1. The van der Waals surface area contributed by atoms with Crippen LogP contribution in [0.25, 0.3) is 0 Å². The Labute approximate surface area is 96.9 Å². The second-order valence-electron chi connectivity index (χ2n) is 4.41. The van der Waals surface area contributed by atoms with Gasteiger partial charge >= 0.3 is 0 Å². The number of hydrogen-bond acceptors (Lipinski definition) is 3. The highest BCUT2D eigenvalue weighted by Crippen LogP contribution is 2.09. The predicted octanol–water partition coefficient (Wildman–Crippen LogP) is 1.28. The van der Waals surface area contributed by atoms with E-state index in [9.17, 15) is 0 Å². The Hall–Kier alpha value is -1.06. The molecule has 3 N–H and O–H groups in total. The Balaban J connectivity index is 1.69. The molecule has 1 aromatic rings. The van der Waals surface area contributed by atoms with Crippen molar-refractivity contribution >= 4 is 0 Å². The summed E-state index contributed by atoms with van der Waals surface area (Å²) in [4.78, 5) is 0. The standard InChI is InChI=1S/C13H20N2O/c16-13-5-3-11(4-6-13)7-9-15-12-2-1-8-14-10-12/h3-6,12,14-16H,1-2,7-10H2. The Morgan fingerprint density at radius 1 is 1.31 bits per heavy atom. The van der Waals surface area contributed by atoms with E-state index in [-0.39, 0.29) is 0 Å². The van der Waals surface area contributed by atoms with Crippen LogP contribution in [-0.2, 0) is 6.42 Å². The number of hydrogen-bond donors (Lipinski definition) is 3. The second kappa shape index (κ2) is 5.87. The van der Waals surface area contributed by atoms with Crippen LogP contribution in [0.3, 0.4) is 0 Å². The van der Waals surface area contributed by atoms with E-state index >= 15 is 0 Å². The molecule has 0 amide bonds. The number of phenolic OH excluding ortho intramolecular Hbond substituents is 1. The highest BCUT2D eigenvalue weighted by Gasteiger charge is 2.11. The summed E-state index contributed by atoms with van der Waals surface area (Å²) in [7, 11) is 0. The molecule has 3 heteroatoms. The average Bonchev–Trinajstić information content (AvgIpc) is 2.33. The molecule has 0 bridgehead atoms. The first-order chi connectivity index (χ1) is 7.84. The van der Waals surface area contributed by atoms with Gasteiger partial charge in [0.1, 0.15) is 5.75 Å². The molecule has 0 aromatic heterocycles. The van der Waals surface area contributed by atoms with Gasteiger partial charge in [0.05, 0.1) is 0 Å². The molecule has 0 radical (unpaired) electrons. The van der Waals surface area contributed by atoms with E-state index in [1.165, 1.54) is 18.4 Å². The summed E-state index contributed by atoms with van der Waals surface area (Å²) in [6, 6.07) is 8.09. The van der Waals surface area contributed by atoms with Crippen molar-refractivity contribution in [2.45, 2.75) is 25.3 Å². The molecule has 1 aliphatic rings. The number of benzene rings is 1. The number of rotatable bonds is 4. The maximum absolute atomic E-state index is 9.16. The van der Waals surface area contributed by atoms with Crippen LogP contribution in [0.2, 0.25) is 0 Å². The van der Waals surface area contributed by atoms with Crippen molar-refractivity contribution < 1.29 is 5.11 Å². The molecule has 1 atom stereocenters. The Kier molecular flexibility index (Phi) is 4.19. The molecule has 1 unspecified atom stereocenters. The summed E-state index contributed by atoms with van der Waals surface area (Å²) < 4.78 is 0. The van der Waals surface area contributed by atoms with E-state index in [2.05, 4.69) is 10.6 Å². The maximum Gasteiger partial charge on any atom is 0.115 e. The van der Waals surface area contributed by atoms with E-state index in [1.54, 1.807) is 12.1 Å². The molecule has 3 nitrogen and oxygen atoms in total. The fraction of sp³-hybridized carbons (Fsp3) is 0.538. The molecule has 1 saturated heterocycles. The average molecular weight is 220 g/mol. The summed E-state index contributed by atoms with van der Waals surface area (Å²) in [5, 5.41) is 16.1. The molecular weight excluding hydrogens is 200 g/mol. The van der Waals surface area contributed by atoms with Crippen LogP contribution in [0, 0.1) is 0 Å². The topological polar surface area (TPSA) is 44.3 Å². The fourth-order valence-corrected chi connectivity index (χ4v) is 2.11. The molecular formula is C13H20N2O. The molecule has 88 valence electrons. The first kappa shape index (κ1) is 11.4. The van der Waals surface area contributed by atoms with Gasteiger partial charge in [-0.25, -0.2) is 0 Å². The molecule has 1 fully saturated rings. The van der Waals surface area contributed by atoms with Crippen LogP contribution >= 0.6 is 0 Å². The quantitative estimate of drug-likeness (QED) is 0.716. The summed E-state index contributed by atoms with van der Waals surface area (Å²) in [5.41, 5.74) is 1.27. The van der Waals surface area contributed by atoms with Gasteiger partial charge in [-0.3, -0.25) is 0 Å². The number of aromatic hydroxyl groups is 1. The van der Waals surface area contributed by atoms with Gasteiger partial charge in [0.15, 0.2) is 0 Å². The number of nitrogens with one attached hydrogen (secondary N) is 2. The Morgan fingerprint density at radius 3 is 2.81 bits per heavy atom. The third kappa shape index (κ3) is 3.51. The van der Waals surface area contributed by atoms with Crippen LogP contribution in [-0.4, -0.2) is 30.8 Å². The Morgan fingerprint density at radius 2 is 2.12 bits per heavy atom. The van der Waals surface area contributed by atoms with Gasteiger partial charge < -0.3 is 15.7 Å². The summed E-state index contributed by atoms with van der Waals surface area (Å²) >= 11 is 0. The minimum Gasteiger partial charge on any atom is -0.508 e. The SMILES string of the molecule is Oc1ccc(CCNC2CCCNC2)cc1. The summed E-state index contributed by atoms with van der Waals surface area (Å²) in [6.07, 6.45) is 3.58. The zero-order valence-corrected chi connectivity index (χ0v) is 9.58. The smallest absolute Gasteiger partial charge is 0.115 e. The van der Waals surface area contributed by atoms with E-state index in [1.807, 2.05) is 12.1 Å². The van der Waals surface area contributed by atoms with Gasteiger partial charge in [-0.05, 0) is 50.0 Å². The zero-order valence-electron chi connectivity index (χ0n) is 9.58. The van der Waals surface area contributed by atoms with E-state index in [0.717, 1.165) is 26.1 Å². The minimum absolute atomic E-state index is 0.341. The van der Waals surface area contributed by atoms with E-state index < -0.39 is 0 Å². The third-order valence-corrected chi connectivity index (χ3v) is 3.08. The van der Waals surface area contributed by atoms with Gasteiger partial charge in [-0.1, -0.05) is 12.1 Å². The number of phenols is 1. The first-order valence-electron chi connectivity index (χ1n) is 6.06. The van der Waals surface area contributed by atoms with Gasteiger partial charge in [0.2, 0.25) is 0 Å². The van der Waals surface area contributed by atoms with Crippen molar-refractivity contribution in [3.05, 3.63) is 29.8 Å². The van der Waals surface area contributed by atoms with Gasteiger partial charge in [-0.15, -0.1) is 0 Å². The lowest BCUT2D eigenvalue weighted by Crippen LogP contribution is -2.43. The summed E-state index contributed by atoms with van der Waals surface area (Å²) in [5.74, 6) is 0.341. The molecule has 1 heterocycles. The molecule has 1 aliphatic heterocycles. The molecule has 2 rings (SSSR count). The van der Waals surface area contributed by atoms with Crippen LogP contribution in [0.15, 0.2) is 24.3 Å². The lowest BCUT2D eigenvalue weighted by molar-refractivity contribution is 0.392. The van der Waals surface area contributed by atoms with Crippen molar-refractivity contribution in [1.82, 2.24) is 10.6 Å². The lowest BCUT2D eigenvalue weighted by Gasteiger charge is -2.23. The molecule has 0 saturated carbocycles. The predicted molar refractivity (Wildman–Crippen MR) is 65.7 cm³/mol. The minimum atomic E-state index is 0.341. The zero-order chi connectivity index (χ0) is 11.2. The van der Waals surface area contributed by atoms with Crippen molar-refractivity contribution in [1.29, 1.82) is 0 Å². The molecule has 16 heavy (non-hydrogen) atoms. The van der Waals surface area contributed by atoms with Crippen molar-refractivity contribution in [3.63, 3.8) is 0 Å². The molecule has 0 aliphatic carbocycles. The highest BCUT2D eigenvalue weighted by atomic mass is 16.3. The lowest BCUT2D eigenvalue weighted by atomic mass is 10.1. The van der Waals surface area contributed by atoms with Crippen molar-refractivity contribution in [2.75, 3.05) is 19.6 Å². The first-order valence-corrected chi connectivity index (χ1v) is 6.06. The summed E-state index contributed by atoms with van der Waals surface area (Å²) in [6.45, 7) is 3.27. The van der Waals surface area contributed by atoms with Gasteiger partial charge in [0, 0.05) is 12.6 Å².